The van der Waals surface area contributed by atoms with Gasteiger partial charge in [-0.3, -0.25) is 19.3 Å². The molecule has 0 aliphatic heterocycles. The highest BCUT2D eigenvalue weighted by atomic mass is 32.1. The van der Waals surface area contributed by atoms with Crippen LogP contribution in [0.5, 0.6) is 5.88 Å². The molecule has 13 heteroatoms. The van der Waals surface area contributed by atoms with E-state index in [-0.39, 0.29) is 30.2 Å². The van der Waals surface area contributed by atoms with Gasteiger partial charge in [-0.15, -0.1) is 16.4 Å². The van der Waals surface area contributed by atoms with E-state index in [4.69, 9.17) is 9.72 Å². The third-order valence-corrected chi connectivity index (χ3v) is 9.32. The fourth-order valence-electron chi connectivity index (χ4n) is 5.67. The van der Waals surface area contributed by atoms with Crippen LogP contribution in [-0.2, 0) is 30.6 Å². The van der Waals surface area contributed by atoms with E-state index in [1.807, 2.05) is 16.9 Å². The second kappa shape index (κ2) is 13.2. The maximum absolute atomic E-state index is 12.6. The normalized spacial score (nSPS) is 14.1. The second-order valence-corrected chi connectivity index (χ2v) is 12.6. The Morgan fingerprint density at radius 2 is 1.98 bits per heavy atom. The number of hydrogen-bond donors (Lipinski definition) is 3. The molecule has 2 aliphatic rings. The van der Waals surface area contributed by atoms with Gasteiger partial charge < -0.3 is 20.7 Å². The summed E-state index contributed by atoms with van der Waals surface area (Å²) in [6.07, 6.45) is 10.3. The number of nitrogens with one attached hydrogen (secondary N) is 3. The third-order valence-electron chi connectivity index (χ3n) is 8.23. The molecule has 1 saturated carbocycles. The van der Waals surface area contributed by atoms with Gasteiger partial charge in [-0.05, 0) is 62.3 Å². The number of benzene rings is 1. The molecule has 46 heavy (non-hydrogen) atoms. The molecule has 7 rings (SSSR count). The monoisotopic (exact) mass is 637 g/mol. The molecule has 2 amide bonds. The largest absolute Gasteiger partial charge is 0.476 e. The minimum atomic E-state index is -0.281. The van der Waals surface area contributed by atoms with Crippen LogP contribution in [0, 0.1) is 5.92 Å². The summed E-state index contributed by atoms with van der Waals surface area (Å²) < 4.78 is 7.83. The van der Waals surface area contributed by atoms with Gasteiger partial charge in [0.25, 0.3) is 5.91 Å². The van der Waals surface area contributed by atoms with Crippen LogP contribution in [0.4, 0.5) is 11.5 Å². The van der Waals surface area contributed by atoms with Gasteiger partial charge >= 0.3 is 0 Å². The van der Waals surface area contributed by atoms with Crippen molar-refractivity contribution in [2.75, 3.05) is 30.8 Å². The van der Waals surface area contributed by atoms with Crippen molar-refractivity contribution in [3.8, 4) is 16.5 Å². The molecule has 0 unspecified atom stereocenters. The lowest BCUT2D eigenvalue weighted by Crippen LogP contribution is -2.17. The van der Waals surface area contributed by atoms with E-state index in [2.05, 4.69) is 54.4 Å². The number of rotatable bonds is 12. The molecule has 0 saturated heterocycles. The number of thiazole rings is 1. The highest BCUT2D eigenvalue weighted by molar-refractivity contribution is 7.17. The van der Waals surface area contributed by atoms with E-state index in [1.54, 1.807) is 25.4 Å². The summed E-state index contributed by atoms with van der Waals surface area (Å²) in [5.41, 5.74) is 6.30. The van der Waals surface area contributed by atoms with Crippen molar-refractivity contribution >= 4 is 45.6 Å². The van der Waals surface area contributed by atoms with Gasteiger partial charge in [0.2, 0.25) is 11.8 Å². The fraction of sp³-hybridized carbons (Fsp3) is 0.364. The number of pyridine rings is 2. The summed E-state index contributed by atoms with van der Waals surface area (Å²) in [6.45, 7) is 1.64. The average Bonchev–Trinajstić information content (AvgIpc) is 3.71. The molecule has 236 valence electrons. The van der Waals surface area contributed by atoms with Gasteiger partial charge in [0.15, 0.2) is 4.88 Å². The first-order valence-corrected chi connectivity index (χ1v) is 16.5. The molecule has 1 fully saturated rings. The Balaban J connectivity index is 0.971. The molecule has 0 radical (unpaired) electrons. The molecule has 0 bridgehead atoms. The molecular formula is C33H35N9O3S. The molecule has 3 N–H and O–H groups in total. The number of aryl methyl sites for hydroxylation is 1. The molecular weight excluding hydrogens is 602 g/mol. The lowest BCUT2D eigenvalue weighted by atomic mass is 9.92. The Kier molecular flexibility index (Phi) is 8.55. The zero-order valence-electron chi connectivity index (χ0n) is 25.6. The highest BCUT2D eigenvalue weighted by Crippen LogP contribution is 2.35. The summed E-state index contributed by atoms with van der Waals surface area (Å²) in [6, 6.07) is 11.9. The minimum Gasteiger partial charge on any atom is -0.476 e. The maximum Gasteiger partial charge on any atom is 0.266 e. The van der Waals surface area contributed by atoms with Crippen LogP contribution >= 0.6 is 11.3 Å². The Hall–Kier alpha value is -4.91. The molecule has 5 aromatic rings. The molecule has 2 aliphatic carbocycles. The van der Waals surface area contributed by atoms with Gasteiger partial charge in [0.05, 0.1) is 24.4 Å². The molecule has 12 nitrogen and oxygen atoms in total. The van der Waals surface area contributed by atoms with Crippen LogP contribution in [0.2, 0.25) is 0 Å². The number of fused-ring (bicyclic) bond motifs is 2. The van der Waals surface area contributed by atoms with Crippen LogP contribution in [-0.4, -0.2) is 62.0 Å². The molecule has 4 heterocycles. The smallest absolute Gasteiger partial charge is 0.266 e. The number of nitrogens with zero attached hydrogens (tertiary/aromatic N) is 6. The number of carbonyl (C=O) groups is 2. The average molecular weight is 638 g/mol. The number of ether oxygens (including phenoxy) is 1. The van der Waals surface area contributed by atoms with Crippen molar-refractivity contribution in [3.05, 3.63) is 70.6 Å². The number of para-hydroxylation sites is 1. The molecule has 0 spiro atoms. The number of amides is 2. The molecule has 4 aromatic heterocycles. The van der Waals surface area contributed by atoms with Crippen LogP contribution in [0.15, 0.2) is 48.8 Å². The first kappa shape index (κ1) is 29.8. The number of anilines is 2. The van der Waals surface area contributed by atoms with Crippen molar-refractivity contribution in [2.45, 2.75) is 51.5 Å². The maximum atomic E-state index is 12.6. The van der Waals surface area contributed by atoms with Gasteiger partial charge in [-0.25, -0.2) is 9.97 Å². The third kappa shape index (κ3) is 6.54. The van der Waals surface area contributed by atoms with E-state index in [9.17, 15) is 9.59 Å². The highest BCUT2D eigenvalue weighted by Gasteiger charge is 2.30. The van der Waals surface area contributed by atoms with Crippen LogP contribution in [0.3, 0.4) is 0 Å². The summed E-state index contributed by atoms with van der Waals surface area (Å²) >= 11 is 1.23. The van der Waals surface area contributed by atoms with Crippen molar-refractivity contribution < 1.29 is 14.3 Å². The van der Waals surface area contributed by atoms with Crippen molar-refractivity contribution in [2.24, 2.45) is 5.92 Å². The van der Waals surface area contributed by atoms with E-state index in [1.165, 1.54) is 41.1 Å². The summed E-state index contributed by atoms with van der Waals surface area (Å²) in [4.78, 5) is 39.0. The first-order valence-electron chi connectivity index (χ1n) is 15.7. The van der Waals surface area contributed by atoms with E-state index in [0.29, 0.717) is 35.2 Å². The molecule has 0 atom stereocenters. The van der Waals surface area contributed by atoms with Gasteiger partial charge in [0.1, 0.15) is 10.8 Å². The second-order valence-electron chi connectivity index (χ2n) is 11.6. The van der Waals surface area contributed by atoms with Crippen molar-refractivity contribution in [3.63, 3.8) is 0 Å². The van der Waals surface area contributed by atoms with Crippen LogP contribution in [0.25, 0.3) is 21.5 Å². The summed E-state index contributed by atoms with van der Waals surface area (Å²) in [7, 11) is 1.57. The lowest BCUT2D eigenvalue weighted by Gasteiger charge is -2.21. The fourth-order valence-corrected chi connectivity index (χ4v) is 6.63. The van der Waals surface area contributed by atoms with Crippen LogP contribution in [0.1, 0.15) is 52.3 Å². The Labute approximate surface area is 270 Å². The lowest BCUT2D eigenvalue weighted by molar-refractivity contribution is -0.117. The van der Waals surface area contributed by atoms with Gasteiger partial charge in [-0.1, -0.05) is 23.4 Å². The van der Waals surface area contributed by atoms with E-state index < -0.39 is 0 Å². The molecule has 1 aromatic carbocycles. The predicted octanol–water partition coefficient (Wildman–Crippen LogP) is 4.67. The van der Waals surface area contributed by atoms with Crippen LogP contribution < -0.4 is 20.7 Å². The summed E-state index contributed by atoms with van der Waals surface area (Å²) in [5, 5.41) is 19.6. The van der Waals surface area contributed by atoms with Crippen molar-refractivity contribution in [1.29, 1.82) is 0 Å². The quantitative estimate of drug-likeness (QED) is 0.178. The Bertz CT molecular complexity index is 1900. The zero-order valence-corrected chi connectivity index (χ0v) is 26.4. The van der Waals surface area contributed by atoms with E-state index >= 15 is 0 Å². The van der Waals surface area contributed by atoms with Gasteiger partial charge in [0, 0.05) is 60.7 Å². The van der Waals surface area contributed by atoms with E-state index in [0.717, 1.165) is 47.8 Å². The van der Waals surface area contributed by atoms with Crippen molar-refractivity contribution in [1.82, 2.24) is 35.3 Å². The number of aromatic nitrogens is 6. The topological polar surface area (TPSA) is 149 Å². The number of hydrogen-bond acceptors (Lipinski definition) is 10. The SMILES string of the molecule is CNC(=O)c1sc(-c2ccnc(NC(=O)C3CC3)c2)nc1OCCc1cn(CCNc2c3c(nc4ccccc24)CCCC3)nn1. The number of carbonyl (C=O) groups excluding carboxylic acids is 2. The zero-order chi connectivity index (χ0) is 31.5. The first-order chi connectivity index (χ1) is 22.6. The Morgan fingerprint density at radius 3 is 2.85 bits per heavy atom. The Morgan fingerprint density at radius 1 is 1.11 bits per heavy atom. The minimum absolute atomic E-state index is 0.0204. The van der Waals surface area contributed by atoms with Gasteiger partial charge in [-0.2, -0.15) is 0 Å². The standard InChI is InChI=1S/C33H35N9O3S/c1-34-31(44)29-32(39-33(46-29)21-12-14-35-27(18-21)38-30(43)20-10-11-20)45-17-13-22-19-42(41-40-22)16-15-36-28-23-6-2-4-8-25(23)37-26-9-5-3-7-24(26)28/h2,4,6,8,12,14,18-20H,3,5,7,9-11,13,15-17H2,1H3,(H,34,44)(H,36,37)(H,35,38,43). The summed E-state index contributed by atoms with van der Waals surface area (Å²) in [5.74, 6) is 0.482. The predicted molar refractivity (Wildman–Crippen MR) is 176 cm³/mol.